The van der Waals surface area contributed by atoms with Gasteiger partial charge in [-0.05, 0) is 17.7 Å². The molecule has 19 heavy (non-hydrogen) atoms. The van der Waals surface area contributed by atoms with E-state index in [1.165, 1.54) is 6.07 Å². The van der Waals surface area contributed by atoms with Crippen LogP contribution in [0.3, 0.4) is 0 Å². The molecule has 1 aromatic carbocycles. The lowest BCUT2D eigenvalue weighted by atomic mass is 10.2. The number of alkyl halides is 5. The van der Waals surface area contributed by atoms with E-state index in [1.807, 2.05) is 0 Å². The van der Waals surface area contributed by atoms with E-state index in [2.05, 4.69) is 4.74 Å². The highest BCUT2D eigenvalue weighted by molar-refractivity contribution is 6.30. The molecule has 0 aliphatic carbocycles. The number of hydrogen-bond acceptors (Lipinski definition) is 2. The number of rotatable bonds is 4. The molecular formula is C11H8ClF5O2. The molecule has 0 bridgehead atoms. The van der Waals surface area contributed by atoms with Gasteiger partial charge in [0.05, 0.1) is 6.61 Å². The molecule has 0 unspecified atom stereocenters. The van der Waals surface area contributed by atoms with Crippen molar-refractivity contribution in [3.63, 3.8) is 0 Å². The zero-order chi connectivity index (χ0) is 14.7. The maximum Gasteiger partial charge on any atom is 0.465 e. The molecule has 1 rings (SSSR count). The average molecular weight is 303 g/mol. The number of ether oxygens (including phenoxy) is 1. The molecule has 0 spiro atoms. The first-order valence-electron chi connectivity index (χ1n) is 5.01. The Morgan fingerprint density at radius 1 is 1.21 bits per heavy atom. The van der Waals surface area contributed by atoms with Crippen LogP contribution in [0.2, 0.25) is 5.02 Å². The van der Waals surface area contributed by atoms with Crippen molar-refractivity contribution in [3.05, 3.63) is 34.9 Å². The summed E-state index contributed by atoms with van der Waals surface area (Å²) < 4.78 is 64.4. The van der Waals surface area contributed by atoms with Crippen LogP contribution in [-0.2, 0) is 16.0 Å². The Hall–Kier alpha value is -1.37. The van der Waals surface area contributed by atoms with Crippen LogP contribution in [0.25, 0.3) is 0 Å². The summed E-state index contributed by atoms with van der Waals surface area (Å²) in [5, 5.41) is 0.379. The molecule has 0 amide bonds. The number of carbonyl (C=O) groups is 1. The monoisotopic (exact) mass is 302 g/mol. The number of hydrogen-bond donors (Lipinski definition) is 0. The van der Waals surface area contributed by atoms with Gasteiger partial charge < -0.3 is 4.74 Å². The first-order chi connectivity index (χ1) is 8.64. The Kier molecular flexibility index (Phi) is 4.73. The van der Waals surface area contributed by atoms with Gasteiger partial charge in [0.2, 0.25) is 0 Å². The van der Waals surface area contributed by atoms with Crippen LogP contribution in [0.5, 0.6) is 0 Å². The highest BCUT2D eigenvalue weighted by Gasteiger charge is 2.64. The quantitative estimate of drug-likeness (QED) is 0.627. The SMILES string of the molecule is O=C(OCCc1cccc(Cl)c1)C(F)(F)C(F)(F)F. The van der Waals surface area contributed by atoms with Crippen LogP contribution in [0, 0.1) is 0 Å². The molecule has 0 saturated carbocycles. The molecule has 106 valence electrons. The van der Waals surface area contributed by atoms with Crippen LogP contribution in [-0.4, -0.2) is 24.7 Å². The van der Waals surface area contributed by atoms with Crippen molar-refractivity contribution in [2.24, 2.45) is 0 Å². The molecular weight excluding hydrogens is 295 g/mol. The van der Waals surface area contributed by atoms with Crippen molar-refractivity contribution in [2.45, 2.75) is 18.5 Å². The maximum absolute atomic E-state index is 12.5. The average Bonchev–Trinajstić information content (AvgIpc) is 2.27. The fourth-order valence-corrected chi connectivity index (χ4v) is 1.37. The summed E-state index contributed by atoms with van der Waals surface area (Å²) in [6.45, 7) is -0.592. The highest BCUT2D eigenvalue weighted by atomic mass is 35.5. The van der Waals surface area contributed by atoms with Gasteiger partial charge in [0.25, 0.3) is 0 Å². The van der Waals surface area contributed by atoms with E-state index in [0.717, 1.165) is 0 Å². The van der Waals surface area contributed by atoms with Gasteiger partial charge in [0.1, 0.15) is 0 Å². The second-order valence-corrected chi connectivity index (χ2v) is 4.02. The zero-order valence-electron chi connectivity index (χ0n) is 9.31. The molecule has 0 saturated heterocycles. The van der Waals surface area contributed by atoms with E-state index in [9.17, 15) is 26.7 Å². The van der Waals surface area contributed by atoms with Gasteiger partial charge in [0.15, 0.2) is 0 Å². The van der Waals surface area contributed by atoms with Gasteiger partial charge in [-0.15, -0.1) is 0 Å². The molecule has 0 N–H and O–H groups in total. The summed E-state index contributed by atoms with van der Waals surface area (Å²) in [6.07, 6.45) is -5.97. The predicted octanol–water partition coefficient (Wildman–Crippen LogP) is 3.62. The largest absolute Gasteiger partial charge is 0.465 e. The lowest BCUT2D eigenvalue weighted by molar-refractivity contribution is -0.280. The molecule has 2 nitrogen and oxygen atoms in total. The van der Waals surface area contributed by atoms with Gasteiger partial charge >= 0.3 is 18.1 Å². The number of esters is 1. The topological polar surface area (TPSA) is 26.3 Å². The lowest BCUT2D eigenvalue weighted by Gasteiger charge is -2.17. The summed E-state index contributed by atoms with van der Waals surface area (Å²) in [5.74, 6) is -8.11. The third-order valence-corrected chi connectivity index (χ3v) is 2.36. The van der Waals surface area contributed by atoms with Gasteiger partial charge in [-0.1, -0.05) is 23.7 Å². The lowest BCUT2D eigenvalue weighted by Crippen LogP contribution is -2.45. The molecule has 0 aliphatic heterocycles. The van der Waals surface area contributed by atoms with Gasteiger partial charge in [0, 0.05) is 11.4 Å². The minimum absolute atomic E-state index is 0.0137. The number of halogens is 6. The van der Waals surface area contributed by atoms with Crippen molar-refractivity contribution in [1.82, 2.24) is 0 Å². The fourth-order valence-electron chi connectivity index (χ4n) is 1.16. The fraction of sp³-hybridized carbons (Fsp3) is 0.364. The number of benzene rings is 1. The third-order valence-electron chi connectivity index (χ3n) is 2.13. The summed E-state index contributed by atoms with van der Waals surface area (Å²) in [5.41, 5.74) is 0.552. The molecule has 0 atom stereocenters. The summed E-state index contributed by atoms with van der Waals surface area (Å²) in [6, 6.07) is 6.19. The van der Waals surface area contributed by atoms with Crippen LogP contribution in [0.15, 0.2) is 24.3 Å². The second-order valence-electron chi connectivity index (χ2n) is 3.59. The predicted molar refractivity (Wildman–Crippen MR) is 57.1 cm³/mol. The van der Waals surface area contributed by atoms with E-state index in [0.29, 0.717) is 10.6 Å². The summed E-state index contributed by atoms with van der Waals surface area (Å²) in [7, 11) is 0. The first-order valence-corrected chi connectivity index (χ1v) is 5.38. The molecule has 0 fully saturated rings. The van der Waals surface area contributed by atoms with Crippen molar-refractivity contribution in [3.8, 4) is 0 Å². The van der Waals surface area contributed by atoms with E-state index in [-0.39, 0.29) is 6.42 Å². The molecule has 0 heterocycles. The van der Waals surface area contributed by atoms with Crippen molar-refractivity contribution < 1.29 is 31.5 Å². The summed E-state index contributed by atoms with van der Waals surface area (Å²) >= 11 is 5.64. The van der Waals surface area contributed by atoms with Crippen LogP contribution in [0.1, 0.15) is 5.56 Å². The molecule has 0 aliphatic rings. The smallest absolute Gasteiger partial charge is 0.461 e. The second kappa shape index (κ2) is 5.73. The molecule has 8 heteroatoms. The first kappa shape index (κ1) is 15.7. The Morgan fingerprint density at radius 3 is 2.37 bits per heavy atom. The van der Waals surface area contributed by atoms with Gasteiger partial charge in [-0.25, -0.2) is 4.79 Å². The molecule has 0 radical (unpaired) electrons. The standard InChI is InChI=1S/C11H8ClF5O2/c12-8-3-1-2-7(6-8)4-5-19-9(18)10(13,14)11(15,16)17/h1-3,6H,4-5H2. The Bertz CT molecular complexity index is 459. The zero-order valence-corrected chi connectivity index (χ0v) is 10.1. The Morgan fingerprint density at radius 2 is 1.84 bits per heavy atom. The highest BCUT2D eigenvalue weighted by Crippen LogP contribution is 2.36. The van der Waals surface area contributed by atoms with E-state index in [4.69, 9.17) is 11.6 Å². The van der Waals surface area contributed by atoms with Crippen LogP contribution in [0.4, 0.5) is 22.0 Å². The van der Waals surface area contributed by atoms with Crippen molar-refractivity contribution in [1.29, 1.82) is 0 Å². The molecule has 1 aromatic rings. The Labute approximate surface area is 110 Å². The summed E-state index contributed by atoms with van der Waals surface area (Å²) in [4.78, 5) is 10.7. The minimum atomic E-state index is -5.96. The van der Waals surface area contributed by atoms with Crippen LogP contribution < -0.4 is 0 Å². The molecule has 0 aromatic heterocycles. The van der Waals surface area contributed by atoms with Crippen molar-refractivity contribution in [2.75, 3.05) is 6.61 Å². The normalized spacial score (nSPS) is 12.3. The van der Waals surface area contributed by atoms with E-state index < -0.39 is 24.7 Å². The van der Waals surface area contributed by atoms with Gasteiger partial charge in [-0.3, -0.25) is 0 Å². The van der Waals surface area contributed by atoms with Crippen LogP contribution >= 0.6 is 11.6 Å². The Balaban J connectivity index is 2.52. The van der Waals surface area contributed by atoms with E-state index >= 15 is 0 Å². The maximum atomic E-state index is 12.5. The van der Waals surface area contributed by atoms with E-state index in [1.54, 1.807) is 18.2 Å². The minimum Gasteiger partial charge on any atom is -0.461 e. The number of carbonyl (C=O) groups excluding carboxylic acids is 1. The van der Waals surface area contributed by atoms with Crippen molar-refractivity contribution >= 4 is 17.6 Å². The third kappa shape index (κ3) is 4.05. The van der Waals surface area contributed by atoms with Gasteiger partial charge in [-0.2, -0.15) is 22.0 Å².